The number of nitrogens with one attached hydrogen (secondary N) is 1. The average Bonchev–Trinajstić information content (AvgIpc) is 3.46. The number of nitrogens with zero attached hydrogens (tertiary/aromatic N) is 5. The lowest BCUT2D eigenvalue weighted by atomic mass is 9.62. The maximum absolute atomic E-state index is 13.4. The van der Waals surface area contributed by atoms with Crippen molar-refractivity contribution < 1.29 is 23.2 Å². The lowest BCUT2D eigenvalue weighted by Gasteiger charge is -2.51. The Morgan fingerprint density at radius 2 is 1.97 bits per heavy atom. The molecule has 0 aromatic carbocycles. The summed E-state index contributed by atoms with van der Waals surface area (Å²) in [6, 6.07) is -0.382. The Hall–Kier alpha value is -2.40. The van der Waals surface area contributed by atoms with Gasteiger partial charge in [-0.3, -0.25) is 9.48 Å². The van der Waals surface area contributed by atoms with Gasteiger partial charge in [0.2, 0.25) is 17.7 Å². The first-order valence-electron chi connectivity index (χ1n) is 12.6. The molecule has 2 aliphatic carbocycles. The van der Waals surface area contributed by atoms with E-state index >= 15 is 0 Å². The summed E-state index contributed by atoms with van der Waals surface area (Å²) in [7, 11) is 0. The number of hydrogen-bond acceptors (Lipinski definition) is 7. The Morgan fingerprint density at radius 1 is 1.23 bits per heavy atom. The van der Waals surface area contributed by atoms with Crippen molar-refractivity contribution >= 4 is 5.91 Å². The number of carbonyl (C=O) groups is 1. The van der Waals surface area contributed by atoms with Crippen LogP contribution < -0.4 is 5.32 Å². The number of likely N-dealkylation sites (tertiary alicyclic amines) is 1. The van der Waals surface area contributed by atoms with Gasteiger partial charge in [0.05, 0.1) is 18.3 Å². The molecule has 4 aliphatic rings. The van der Waals surface area contributed by atoms with E-state index in [0.717, 1.165) is 24.8 Å². The van der Waals surface area contributed by atoms with Crippen LogP contribution in [0.1, 0.15) is 74.6 Å². The molecule has 1 amide bonds. The summed E-state index contributed by atoms with van der Waals surface area (Å²) in [4.78, 5) is 19.7. The van der Waals surface area contributed by atoms with Crippen LogP contribution in [-0.2, 0) is 10.3 Å². The highest BCUT2D eigenvalue weighted by molar-refractivity contribution is 5.82. The minimum absolute atomic E-state index is 0.00831. The van der Waals surface area contributed by atoms with Crippen molar-refractivity contribution in [3.63, 3.8) is 0 Å². The van der Waals surface area contributed by atoms with Crippen molar-refractivity contribution in [2.75, 3.05) is 19.6 Å². The first-order chi connectivity index (χ1) is 16.7. The zero-order chi connectivity index (χ0) is 24.4. The highest BCUT2D eigenvalue weighted by atomic mass is 19.3. The molecule has 2 atom stereocenters. The second-order valence-corrected chi connectivity index (χ2v) is 11.1. The van der Waals surface area contributed by atoms with Crippen LogP contribution in [0.4, 0.5) is 8.78 Å². The van der Waals surface area contributed by atoms with Gasteiger partial charge in [-0.1, -0.05) is 11.6 Å². The third-order valence-electron chi connectivity index (χ3n) is 8.86. The zero-order valence-corrected chi connectivity index (χ0v) is 19.9. The summed E-state index contributed by atoms with van der Waals surface area (Å²) in [6.45, 7) is 3.58. The van der Waals surface area contributed by atoms with E-state index < -0.39 is 23.5 Å². The van der Waals surface area contributed by atoms with Crippen LogP contribution in [0.15, 0.2) is 16.9 Å². The number of piperidine rings is 2. The van der Waals surface area contributed by atoms with E-state index in [2.05, 4.69) is 20.6 Å². The fourth-order valence-electron chi connectivity index (χ4n) is 6.28. The largest absolute Gasteiger partial charge is 0.392 e. The van der Waals surface area contributed by atoms with Gasteiger partial charge >= 0.3 is 0 Å². The highest BCUT2D eigenvalue weighted by Crippen LogP contribution is 2.49. The molecule has 2 N–H and O–H groups in total. The SMILES string of the molecule is Cc1cnn(C2(c3noc(C4CC(F)(F)C4)n3)CCN(C(=O)[C@@H]3C[C@@H](O)C4(CCC4)CN3)CC2)c1. The van der Waals surface area contributed by atoms with Crippen LogP contribution in [0, 0.1) is 12.3 Å². The minimum atomic E-state index is -2.67. The summed E-state index contributed by atoms with van der Waals surface area (Å²) >= 11 is 0. The summed E-state index contributed by atoms with van der Waals surface area (Å²) in [5, 5.41) is 22.8. The van der Waals surface area contributed by atoms with E-state index in [9.17, 15) is 18.7 Å². The van der Waals surface area contributed by atoms with Crippen molar-refractivity contribution in [3.8, 4) is 0 Å². The summed E-state index contributed by atoms with van der Waals surface area (Å²) < 4.78 is 34.0. The molecule has 190 valence electrons. The van der Waals surface area contributed by atoms with Crippen LogP contribution in [-0.4, -0.2) is 73.5 Å². The zero-order valence-electron chi connectivity index (χ0n) is 19.9. The van der Waals surface area contributed by atoms with E-state index in [1.807, 2.05) is 22.7 Å². The number of aliphatic hydroxyl groups excluding tert-OH is 1. The Kier molecular flexibility index (Phi) is 5.30. The summed E-state index contributed by atoms with van der Waals surface area (Å²) in [5.74, 6) is -2.41. The molecule has 35 heavy (non-hydrogen) atoms. The highest BCUT2D eigenvalue weighted by Gasteiger charge is 2.51. The summed E-state index contributed by atoms with van der Waals surface area (Å²) in [5.41, 5.74) is 0.219. The third kappa shape index (κ3) is 3.78. The molecule has 2 aromatic rings. The molecule has 4 heterocycles. The molecule has 4 fully saturated rings. The summed E-state index contributed by atoms with van der Waals surface area (Å²) in [6.07, 6.45) is 7.36. The molecule has 2 saturated heterocycles. The van der Waals surface area contributed by atoms with Crippen LogP contribution >= 0.6 is 0 Å². The Morgan fingerprint density at radius 3 is 2.54 bits per heavy atom. The van der Waals surface area contributed by atoms with Crippen LogP contribution in [0.3, 0.4) is 0 Å². The first kappa shape index (κ1) is 23.0. The molecule has 0 bridgehead atoms. The molecular formula is C24H32F2N6O3. The maximum atomic E-state index is 13.4. The Balaban J connectivity index is 1.18. The number of aliphatic hydroxyl groups is 1. The van der Waals surface area contributed by atoms with Gasteiger partial charge in [0.25, 0.3) is 0 Å². The molecular weight excluding hydrogens is 458 g/mol. The van der Waals surface area contributed by atoms with E-state index in [4.69, 9.17) is 4.52 Å². The molecule has 9 nitrogen and oxygen atoms in total. The second-order valence-electron chi connectivity index (χ2n) is 11.1. The van der Waals surface area contributed by atoms with E-state index in [-0.39, 0.29) is 36.1 Å². The number of rotatable bonds is 4. The number of carbonyl (C=O) groups excluding carboxylic acids is 1. The van der Waals surface area contributed by atoms with E-state index in [1.165, 1.54) is 0 Å². The van der Waals surface area contributed by atoms with E-state index in [1.54, 1.807) is 6.20 Å². The Bertz CT molecular complexity index is 1100. The lowest BCUT2D eigenvalue weighted by molar-refractivity contribution is -0.141. The van der Waals surface area contributed by atoms with E-state index in [0.29, 0.717) is 44.7 Å². The predicted octanol–water partition coefficient (Wildman–Crippen LogP) is 2.35. The average molecular weight is 491 g/mol. The van der Waals surface area contributed by atoms with Gasteiger partial charge in [-0.25, -0.2) is 8.78 Å². The minimum Gasteiger partial charge on any atom is -0.392 e. The van der Waals surface area contributed by atoms with Crippen LogP contribution in [0.25, 0.3) is 0 Å². The van der Waals surface area contributed by atoms with Gasteiger partial charge < -0.3 is 19.8 Å². The number of halogens is 2. The number of hydrogen-bond donors (Lipinski definition) is 2. The van der Waals surface area contributed by atoms with Gasteiger partial charge in [0.15, 0.2) is 5.82 Å². The van der Waals surface area contributed by atoms with Gasteiger partial charge in [-0.05, 0) is 44.6 Å². The number of amides is 1. The quantitative estimate of drug-likeness (QED) is 0.677. The smallest absolute Gasteiger partial charge is 0.249 e. The van der Waals surface area contributed by atoms with Gasteiger partial charge in [0.1, 0.15) is 5.54 Å². The number of alkyl halides is 2. The molecule has 2 aromatic heterocycles. The van der Waals surface area contributed by atoms with Crippen LogP contribution in [0.2, 0.25) is 0 Å². The lowest BCUT2D eigenvalue weighted by Crippen LogP contribution is -2.62. The van der Waals surface area contributed by atoms with Crippen molar-refractivity contribution in [3.05, 3.63) is 29.7 Å². The molecule has 0 unspecified atom stereocenters. The molecule has 1 spiro atoms. The van der Waals surface area contributed by atoms with Crippen LogP contribution in [0.5, 0.6) is 0 Å². The van der Waals surface area contributed by atoms with Gasteiger partial charge in [0, 0.05) is 50.0 Å². The van der Waals surface area contributed by atoms with Crippen molar-refractivity contribution in [1.82, 2.24) is 30.1 Å². The maximum Gasteiger partial charge on any atom is 0.249 e. The van der Waals surface area contributed by atoms with Crippen molar-refractivity contribution in [2.24, 2.45) is 5.41 Å². The topological polar surface area (TPSA) is 109 Å². The fraction of sp³-hybridized carbons (Fsp3) is 0.750. The molecule has 0 radical (unpaired) electrons. The third-order valence-corrected chi connectivity index (χ3v) is 8.86. The predicted molar refractivity (Wildman–Crippen MR) is 120 cm³/mol. The monoisotopic (exact) mass is 490 g/mol. The number of aromatic nitrogens is 4. The Labute approximate surface area is 202 Å². The van der Waals surface area contributed by atoms with Gasteiger partial charge in [-0.15, -0.1) is 0 Å². The van der Waals surface area contributed by atoms with Gasteiger partial charge in [-0.2, -0.15) is 10.1 Å². The molecule has 2 aliphatic heterocycles. The van der Waals surface area contributed by atoms with Crippen molar-refractivity contribution in [2.45, 2.75) is 87.8 Å². The molecule has 2 saturated carbocycles. The first-order valence-corrected chi connectivity index (χ1v) is 12.6. The van der Waals surface area contributed by atoms with Crippen molar-refractivity contribution in [1.29, 1.82) is 0 Å². The second kappa shape index (κ2) is 8.06. The molecule has 6 rings (SSSR count). The normalized spacial score (nSPS) is 29.5. The molecule has 11 heteroatoms. The standard InChI is InChI=1S/C24H32F2N6O3/c1-15-12-28-32(13-15)23(21-29-19(35-30-21)16-10-24(25,26)11-16)5-7-31(8-6-23)20(34)17-9-18(33)22(14-27-17)3-2-4-22/h12-13,16-18,27,33H,2-11,14H2,1H3/t17-,18+/m0/s1. The number of aryl methyl sites for hydroxylation is 1. The fourth-order valence-corrected chi connectivity index (χ4v) is 6.28.